The van der Waals surface area contributed by atoms with Crippen LogP contribution in [0.25, 0.3) is 0 Å². The summed E-state index contributed by atoms with van der Waals surface area (Å²) in [7, 11) is 0. The van der Waals surface area contributed by atoms with Crippen LogP contribution in [-0.4, -0.2) is 34.5 Å². The molecule has 2 rings (SSSR count). The molecule has 0 bridgehead atoms. The monoisotopic (exact) mass is 252 g/mol. The number of rotatable bonds is 2. The van der Waals surface area contributed by atoms with E-state index in [4.69, 9.17) is 10.8 Å². The van der Waals surface area contributed by atoms with Crippen molar-refractivity contribution in [3.05, 3.63) is 29.6 Å². The smallest absolute Gasteiger partial charge is 0.326 e. The number of carbonyl (C=O) groups is 2. The second-order valence-corrected chi connectivity index (χ2v) is 4.20. The molecule has 96 valence electrons. The number of hydrogen-bond acceptors (Lipinski definition) is 3. The lowest BCUT2D eigenvalue weighted by Crippen LogP contribution is -2.40. The summed E-state index contributed by atoms with van der Waals surface area (Å²) in [5.74, 6) is -2.48. The molecule has 1 unspecified atom stereocenters. The Labute approximate surface area is 103 Å². The molecule has 0 saturated carbocycles. The first kappa shape index (κ1) is 12.3. The second-order valence-electron chi connectivity index (χ2n) is 4.20. The number of carboxylic acid groups (broad SMARTS) is 1. The van der Waals surface area contributed by atoms with Crippen LogP contribution >= 0.6 is 0 Å². The van der Waals surface area contributed by atoms with E-state index in [0.717, 1.165) is 0 Å². The number of amides is 1. The highest BCUT2D eigenvalue weighted by molar-refractivity contribution is 5.97. The van der Waals surface area contributed by atoms with E-state index >= 15 is 0 Å². The maximum Gasteiger partial charge on any atom is 0.326 e. The second kappa shape index (κ2) is 4.64. The molecular formula is C12H13FN2O3. The molecule has 1 aromatic carbocycles. The van der Waals surface area contributed by atoms with Crippen molar-refractivity contribution in [2.45, 2.75) is 18.9 Å². The van der Waals surface area contributed by atoms with Gasteiger partial charge in [0.1, 0.15) is 6.04 Å². The Morgan fingerprint density at radius 3 is 2.83 bits per heavy atom. The van der Waals surface area contributed by atoms with E-state index in [-0.39, 0.29) is 11.3 Å². The van der Waals surface area contributed by atoms with Gasteiger partial charge in [0.15, 0.2) is 5.82 Å². The van der Waals surface area contributed by atoms with E-state index in [9.17, 15) is 14.0 Å². The maximum atomic E-state index is 13.7. The minimum Gasteiger partial charge on any atom is -0.480 e. The first-order valence-electron chi connectivity index (χ1n) is 5.60. The summed E-state index contributed by atoms with van der Waals surface area (Å²) < 4.78 is 13.7. The molecular weight excluding hydrogens is 239 g/mol. The van der Waals surface area contributed by atoms with Gasteiger partial charge in [0.2, 0.25) is 0 Å². The lowest BCUT2D eigenvalue weighted by Gasteiger charge is -2.21. The number of carboxylic acids is 1. The van der Waals surface area contributed by atoms with Crippen molar-refractivity contribution in [1.82, 2.24) is 4.90 Å². The lowest BCUT2D eigenvalue weighted by molar-refractivity contribution is -0.141. The summed E-state index contributed by atoms with van der Waals surface area (Å²) in [6.45, 7) is 0.323. The van der Waals surface area contributed by atoms with Gasteiger partial charge in [0.05, 0.1) is 11.3 Å². The van der Waals surface area contributed by atoms with Crippen molar-refractivity contribution in [1.29, 1.82) is 0 Å². The molecule has 0 aliphatic carbocycles. The first-order valence-corrected chi connectivity index (χ1v) is 5.60. The molecule has 1 aliphatic rings. The van der Waals surface area contributed by atoms with Crippen LogP contribution in [0.1, 0.15) is 23.2 Å². The molecule has 3 N–H and O–H groups in total. The Bertz CT molecular complexity index is 504. The van der Waals surface area contributed by atoms with Gasteiger partial charge >= 0.3 is 5.97 Å². The van der Waals surface area contributed by atoms with Crippen molar-refractivity contribution in [3.8, 4) is 0 Å². The van der Waals surface area contributed by atoms with Crippen LogP contribution < -0.4 is 5.73 Å². The van der Waals surface area contributed by atoms with Crippen LogP contribution in [-0.2, 0) is 4.79 Å². The number of aliphatic carboxylic acids is 1. The molecule has 1 aromatic rings. The Morgan fingerprint density at radius 1 is 1.44 bits per heavy atom. The summed E-state index contributed by atoms with van der Waals surface area (Å²) >= 11 is 0. The van der Waals surface area contributed by atoms with E-state index < -0.39 is 23.7 Å². The standard InChI is InChI=1S/C12H13FN2O3/c13-10-7(3-1-4-8(10)14)11(16)15-6-2-5-9(15)12(17)18/h1,3-4,9H,2,5-6,14H2,(H,17,18). The highest BCUT2D eigenvalue weighted by Gasteiger charge is 2.35. The topological polar surface area (TPSA) is 83.6 Å². The zero-order valence-corrected chi connectivity index (χ0v) is 9.60. The summed E-state index contributed by atoms with van der Waals surface area (Å²) in [6, 6.07) is 3.26. The van der Waals surface area contributed by atoms with Crippen molar-refractivity contribution >= 4 is 17.6 Å². The van der Waals surface area contributed by atoms with E-state index in [2.05, 4.69) is 0 Å². The largest absolute Gasteiger partial charge is 0.480 e. The molecule has 1 aliphatic heterocycles. The SMILES string of the molecule is Nc1cccc(C(=O)N2CCCC2C(=O)O)c1F. The molecule has 0 spiro atoms. The van der Waals surface area contributed by atoms with E-state index in [1.165, 1.54) is 23.1 Å². The fraction of sp³-hybridized carbons (Fsp3) is 0.333. The van der Waals surface area contributed by atoms with Crippen LogP contribution in [0.3, 0.4) is 0 Å². The fourth-order valence-corrected chi connectivity index (χ4v) is 2.14. The molecule has 0 aromatic heterocycles. The molecule has 6 heteroatoms. The Morgan fingerprint density at radius 2 is 2.17 bits per heavy atom. The zero-order valence-electron chi connectivity index (χ0n) is 9.60. The first-order chi connectivity index (χ1) is 8.52. The molecule has 18 heavy (non-hydrogen) atoms. The number of carbonyl (C=O) groups excluding carboxylic acids is 1. The third-order valence-corrected chi connectivity index (χ3v) is 3.06. The minimum atomic E-state index is -1.06. The Balaban J connectivity index is 2.31. The van der Waals surface area contributed by atoms with Crippen LogP contribution in [0.2, 0.25) is 0 Å². The van der Waals surface area contributed by atoms with E-state index in [0.29, 0.717) is 19.4 Å². The zero-order chi connectivity index (χ0) is 13.3. The van der Waals surface area contributed by atoms with Gasteiger partial charge in [-0.05, 0) is 25.0 Å². The van der Waals surface area contributed by atoms with Gasteiger partial charge in [0, 0.05) is 6.54 Å². The number of nitrogens with two attached hydrogens (primary N) is 1. The Kier molecular flexibility index (Phi) is 3.18. The molecule has 0 radical (unpaired) electrons. The number of likely N-dealkylation sites (tertiary alicyclic amines) is 1. The number of nitrogens with zero attached hydrogens (tertiary/aromatic N) is 1. The van der Waals surface area contributed by atoms with Crippen LogP contribution in [0, 0.1) is 5.82 Å². The minimum absolute atomic E-state index is 0.119. The van der Waals surface area contributed by atoms with Crippen molar-refractivity contribution in [2.75, 3.05) is 12.3 Å². The van der Waals surface area contributed by atoms with Gasteiger partial charge in [0.25, 0.3) is 5.91 Å². The van der Waals surface area contributed by atoms with E-state index in [1.807, 2.05) is 0 Å². The predicted octanol–water partition coefficient (Wildman–Crippen LogP) is 1.10. The predicted molar refractivity (Wildman–Crippen MR) is 62.5 cm³/mol. The van der Waals surface area contributed by atoms with Gasteiger partial charge in [-0.3, -0.25) is 4.79 Å². The molecule has 1 saturated heterocycles. The normalized spacial score (nSPS) is 18.9. The third-order valence-electron chi connectivity index (χ3n) is 3.06. The molecule has 1 heterocycles. The number of benzene rings is 1. The van der Waals surface area contributed by atoms with Crippen LogP contribution in [0.5, 0.6) is 0 Å². The maximum absolute atomic E-state index is 13.7. The summed E-state index contributed by atoms with van der Waals surface area (Å²) in [5, 5.41) is 8.99. The highest BCUT2D eigenvalue weighted by atomic mass is 19.1. The van der Waals surface area contributed by atoms with Gasteiger partial charge in [-0.1, -0.05) is 6.07 Å². The van der Waals surface area contributed by atoms with Crippen LogP contribution in [0.4, 0.5) is 10.1 Å². The number of anilines is 1. The lowest BCUT2D eigenvalue weighted by atomic mass is 10.1. The fourth-order valence-electron chi connectivity index (χ4n) is 2.14. The average Bonchev–Trinajstić information content (AvgIpc) is 2.81. The average molecular weight is 252 g/mol. The third kappa shape index (κ3) is 2.01. The molecule has 1 fully saturated rings. The Hall–Kier alpha value is -2.11. The van der Waals surface area contributed by atoms with Gasteiger partial charge in [-0.2, -0.15) is 0 Å². The van der Waals surface area contributed by atoms with Crippen molar-refractivity contribution in [3.63, 3.8) is 0 Å². The quantitative estimate of drug-likeness (QED) is 0.772. The summed E-state index contributed by atoms with van der Waals surface area (Å²) in [6.07, 6.45) is 0.998. The van der Waals surface area contributed by atoms with Gasteiger partial charge in [-0.25, -0.2) is 9.18 Å². The molecule has 1 amide bonds. The van der Waals surface area contributed by atoms with Crippen molar-refractivity contribution in [2.24, 2.45) is 0 Å². The highest BCUT2D eigenvalue weighted by Crippen LogP contribution is 2.23. The van der Waals surface area contributed by atoms with E-state index in [1.54, 1.807) is 0 Å². The molecule has 5 nitrogen and oxygen atoms in total. The van der Waals surface area contributed by atoms with Crippen LogP contribution in [0.15, 0.2) is 18.2 Å². The number of nitrogen functional groups attached to an aromatic ring is 1. The van der Waals surface area contributed by atoms with Gasteiger partial charge in [-0.15, -0.1) is 0 Å². The molecule has 1 atom stereocenters. The summed E-state index contributed by atoms with van der Waals surface area (Å²) in [4.78, 5) is 24.3. The number of hydrogen-bond donors (Lipinski definition) is 2. The van der Waals surface area contributed by atoms with Gasteiger partial charge < -0.3 is 15.7 Å². The van der Waals surface area contributed by atoms with Crippen molar-refractivity contribution < 1.29 is 19.1 Å². The number of halogens is 1. The summed E-state index contributed by atoms with van der Waals surface area (Å²) in [5.41, 5.74) is 5.09.